The lowest BCUT2D eigenvalue weighted by molar-refractivity contribution is 0.115. The van der Waals surface area contributed by atoms with Crippen LogP contribution in [0.3, 0.4) is 0 Å². The zero-order valence-corrected chi connectivity index (χ0v) is 12.2. The second-order valence-electron chi connectivity index (χ2n) is 6.20. The van der Waals surface area contributed by atoms with Gasteiger partial charge in [0.05, 0.1) is 6.04 Å². The third-order valence-electron chi connectivity index (χ3n) is 4.96. The quantitative estimate of drug-likeness (QED) is 0.907. The van der Waals surface area contributed by atoms with Crippen LogP contribution in [0, 0.1) is 12.8 Å². The van der Waals surface area contributed by atoms with E-state index in [1.165, 1.54) is 45.3 Å². The van der Waals surface area contributed by atoms with E-state index in [2.05, 4.69) is 29.3 Å². The van der Waals surface area contributed by atoms with Crippen molar-refractivity contribution in [3.63, 3.8) is 0 Å². The molecule has 2 saturated heterocycles. The van der Waals surface area contributed by atoms with E-state index in [1.54, 1.807) is 0 Å². The molecule has 19 heavy (non-hydrogen) atoms. The van der Waals surface area contributed by atoms with Crippen LogP contribution < -0.4 is 5.32 Å². The fourth-order valence-electron chi connectivity index (χ4n) is 3.68. The highest BCUT2D eigenvalue weighted by Crippen LogP contribution is 2.30. The van der Waals surface area contributed by atoms with E-state index >= 15 is 0 Å². The van der Waals surface area contributed by atoms with Gasteiger partial charge in [0, 0.05) is 6.04 Å². The highest BCUT2D eigenvalue weighted by molar-refractivity contribution is 5.09. The summed E-state index contributed by atoms with van der Waals surface area (Å²) in [7, 11) is 0. The number of aryl methyl sites for hydroxylation is 1. The maximum Gasteiger partial charge on any atom is 0.121 e. The number of likely N-dealkylation sites (tertiary alicyclic amines) is 1. The number of nitrogens with one attached hydrogen (secondary N) is 1. The standard InChI is InChI=1S/C16H26N2O/c1-12-5-6-16(19-12)13(2)18-10-7-14(8-11-18)15-4-3-9-17-15/h5-6,13-15,17H,3-4,7-11H2,1-2H3. The van der Waals surface area contributed by atoms with Crippen molar-refractivity contribution in [1.82, 2.24) is 10.2 Å². The molecular formula is C16H26N2O. The predicted octanol–water partition coefficient (Wildman–Crippen LogP) is 3.11. The molecule has 1 aromatic heterocycles. The summed E-state index contributed by atoms with van der Waals surface area (Å²) < 4.78 is 5.77. The van der Waals surface area contributed by atoms with Crippen LogP contribution in [-0.2, 0) is 0 Å². The first-order valence-electron chi connectivity index (χ1n) is 7.78. The van der Waals surface area contributed by atoms with Gasteiger partial charge in [0.15, 0.2) is 0 Å². The highest BCUT2D eigenvalue weighted by Gasteiger charge is 2.30. The molecule has 106 valence electrons. The van der Waals surface area contributed by atoms with Crippen molar-refractivity contribution >= 4 is 0 Å². The molecule has 0 aromatic carbocycles. The second kappa shape index (κ2) is 5.68. The topological polar surface area (TPSA) is 28.4 Å². The average Bonchev–Trinajstić information content (AvgIpc) is 3.09. The molecule has 3 heteroatoms. The minimum Gasteiger partial charge on any atom is -0.465 e. The summed E-state index contributed by atoms with van der Waals surface area (Å²) in [5, 5.41) is 3.67. The van der Waals surface area contributed by atoms with E-state index in [0.29, 0.717) is 6.04 Å². The molecule has 3 rings (SSSR count). The van der Waals surface area contributed by atoms with Crippen LogP contribution >= 0.6 is 0 Å². The van der Waals surface area contributed by atoms with Crippen LogP contribution in [0.5, 0.6) is 0 Å². The summed E-state index contributed by atoms with van der Waals surface area (Å²) in [6.07, 6.45) is 5.42. The van der Waals surface area contributed by atoms with Crippen molar-refractivity contribution in [2.24, 2.45) is 5.92 Å². The van der Waals surface area contributed by atoms with E-state index < -0.39 is 0 Å². The van der Waals surface area contributed by atoms with Gasteiger partial charge in [0.1, 0.15) is 11.5 Å². The van der Waals surface area contributed by atoms with E-state index in [1.807, 2.05) is 6.92 Å². The summed E-state index contributed by atoms with van der Waals surface area (Å²) in [5.41, 5.74) is 0. The van der Waals surface area contributed by atoms with E-state index in [4.69, 9.17) is 4.42 Å². The van der Waals surface area contributed by atoms with Gasteiger partial charge in [-0.15, -0.1) is 0 Å². The van der Waals surface area contributed by atoms with Gasteiger partial charge in [-0.3, -0.25) is 4.90 Å². The molecule has 1 aromatic rings. The number of furan rings is 1. The van der Waals surface area contributed by atoms with Gasteiger partial charge >= 0.3 is 0 Å². The number of nitrogens with zero attached hydrogens (tertiary/aromatic N) is 1. The minimum absolute atomic E-state index is 0.422. The third-order valence-corrected chi connectivity index (χ3v) is 4.96. The Morgan fingerprint density at radius 1 is 1.26 bits per heavy atom. The molecular weight excluding hydrogens is 236 g/mol. The summed E-state index contributed by atoms with van der Waals surface area (Å²) in [6, 6.07) is 5.42. The van der Waals surface area contributed by atoms with Crippen LogP contribution in [-0.4, -0.2) is 30.6 Å². The van der Waals surface area contributed by atoms with Crippen LogP contribution in [0.2, 0.25) is 0 Å². The molecule has 0 radical (unpaired) electrons. The van der Waals surface area contributed by atoms with E-state index in [-0.39, 0.29) is 0 Å². The molecule has 2 aliphatic heterocycles. The zero-order valence-electron chi connectivity index (χ0n) is 12.2. The molecule has 2 aliphatic rings. The smallest absolute Gasteiger partial charge is 0.121 e. The molecule has 0 spiro atoms. The molecule has 2 fully saturated rings. The van der Waals surface area contributed by atoms with Crippen molar-refractivity contribution in [2.45, 2.75) is 51.6 Å². The fourth-order valence-corrected chi connectivity index (χ4v) is 3.68. The number of hydrogen-bond acceptors (Lipinski definition) is 3. The minimum atomic E-state index is 0.422. The summed E-state index contributed by atoms with van der Waals surface area (Å²) >= 11 is 0. The van der Waals surface area contributed by atoms with Crippen molar-refractivity contribution in [1.29, 1.82) is 0 Å². The Balaban J connectivity index is 1.54. The predicted molar refractivity (Wildman–Crippen MR) is 77.2 cm³/mol. The Hall–Kier alpha value is -0.800. The molecule has 3 nitrogen and oxygen atoms in total. The molecule has 0 amide bonds. The Morgan fingerprint density at radius 2 is 2.05 bits per heavy atom. The Bertz CT molecular complexity index is 401. The molecule has 0 bridgehead atoms. The van der Waals surface area contributed by atoms with Gasteiger partial charge in [0.2, 0.25) is 0 Å². The third kappa shape index (κ3) is 2.87. The highest BCUT2D eigenvalue weighted by atomic mass is 16.3. The van der Waals surface area contributed by atoms with Crippen LogP contribution in [0.25, 0.3) is 0 Å². The second-order valence-corrected chi connectivity index (χ2v) is 6.20. The van der Waals surface area contributed by atoms with Gasteiger partial charge in [-0.25, -0.2) is 0 Å². The summed E-state index contributed by atoms with van der Waals surface area (Å²) in [5.74, 6) is 3.03. The van der Waals surface area contributed by atoms with Gasteiger partial charge < -0.3 is 9.73 Å². The molecule has 0 saturated carbocycles. The Labute approximate surface area is 116 Å². The van der Waals surface area contributed by atoms with E-state index in [0.717, 1.165) is 23.5 Å². The van der Waals surface area contributed by atoms with Crippen LogP contribution in [0.15, 0.2) is 16.5 Å². The zero-order chi connectivity index (χ0) is 13.2. The molecule has 1 N–H and O–H groups in total. The Kier molecular flexibility index (Phi) is 3.94. The van der Waals surface area contributed by atoms with Crippen molar-refractivity contribution in [3.05, 3.63) is 23.7 Å². The van der Waals surface area contributed by atoms with Gasteiger partial charge in [-0.1, -0.05) is 0 Å². The lowest BCUT2D eigenvalue weighted by atomic mass is 9.88. The summed E-state index contributed by atoms with van der Waals surface area (Å²) in [6.45, 7) is 7.95. The largest absolute Gasteiger partial charge is 0.465 e. The van der Waals surface area contributed by atoms with Gasteiger partial charge in [-0.2, -0.15) is 0 Å². The molecule has 3 heterocycles. The lowest BCUT2D eigenvalue weighted by Gasteiger charge is -2.37. The van der Waals surface area contributed by atoms with Crippen LogP contribution in [0.1, 0.15) is 50.2 Å². The van der Waals surface area contributed by atoms with Crippen molar-refractivity contribution < 1.29 is 4.42 Å². The van der Waals surface area contributed by atoms with Crippen molar-refractivity contribution in [3.8, 4) is 0 Å². The summed E-state index contributed by atoms with van der Waals surface area (Å²) in [4.78, 5) is 2.57. The van der Waals surface area contributed by atoms with Gasteiger partial charge in [-0.05, 0) is 77.2 Å². The molecule has 2 atom stereocenters. The SMILES string of the molecule is Cc1ccc(C(C)N2CCC(C3CCCN3)CC2)o1. The number of hydrogen-bond donors (Lipinski definition) is 1. The maximum atomic E-state index is 5.77. The average molecular weight is 262 g/mol. The normalized spacial score (nSPS) is 27.8. The van der Waals surface area contributed by atoms with Crippen molar-refractivity contribution in [2.75, 3.05) is 19.6 Å². The van der Waals surface area contributed by atoms with E-state index in [9.17, 15) is 0 Å². The number of piperidine rings is 1. The van der Waals surface area contributed by atoms with Gasteiger partial charge in [0.25, 0.3) is 0 Å². The molecule has 0 aliphatic carbocycles. The monoisotopic (exact) mass is 262 g/mol. The van der Waals surface area contributed by atoms with Crippen LogP contribution in [0.4, 0.5) is 0 Å². The lowest BCUT2D eigenvalue weighted by Crippen LogP contribution is -2.41. The number of rotatable bonds is 3. The first-order valence-corrected chi connectivity index (χ1v) is 7.78. The Morgan fingerprint density at radius 3 is 2.63 bits per heavy atom. The fraction of sp³-hybridized carbons (Fsp3) is 0.750. The first kappa shape index (κ1) is 13.2. The maximum absolute atomic E-state index is 5.77. The molecule has 2 unspecified atom stereocenters. The first-order chi connectivity index (χ1) is 9.24.